The number of likely N-dealkylation sites (tertiary alicyclic amines) is 1. The highest BCUT2D eigenvalue weighted by Crippen LogP contribution is 2.36. The molecular formula is C24H30N2O2. The molecule has 0 bridgehead atoms. The lowest BCUT2D eigenvalue weighted by atomic mass is 9.72. The number of piperidine rings is 1. The summed E-state index contributed by atoms with van der Waals surface area (Å²) in [4.78, 5) is 26.9. The fraction of sp³-hybridized carbons (Fsp3) is 0.417. The fourth-order valence-corrected chi connectivity index (χ4v) is 4.14. The normalized spacial score (nSPS) is 15.9. The highest BCUT2D eigenvalue weighted by atomic mass is 16.2. The number of carbonyl (C=O) groups is 2. The minimum Gasteiger partial charge on any atom is -0.359 e. The van der Waals surface area contributed by atoms with Crippen LogP contribution in [0.2, 0.25) is 0 Å². The van der Waals surface area contributed by atoms with Gasteiger partial charge in [0.25, 0.3) is 0 Å². The van der Waals surface area contributed by atoms with Crippen molar-refractivity contribution in [1.29, 1.82) is 0 Å². The number of nitrogens with one attached hydrogen (secondary N) is 1. The van der Waals surface area contributed by atoms with Crippen LogP contribution in [0.15, 0.2) is 54.6 Å². The Balaban J connectivity index is 1.73. The molecule has 1 N–H and O–H groups in total. The molecule has 28 heavy (non-hydrogen) atoms. The Morgan fingerprint density at radius 3 is 2.14 bits per heavy atom. The van der Waals surface area contributed by atoms with Gasteiger partial charge in [-0.2, -0.15) is 0 Å². The molecule has 1 aliphatic rings. The van der Waals surface area contributed by atoms with Gasteiger partial charge in [-0.25, -0.2) is 0 Å². The Morgan fingerprint density at radius 1 is 0.964 bits per heavy atom. The zero-order valence-corrected chi connectivity index (χ0v) is 16.9. The van der Waals surface area contributed by atoms with Crippen LogP contribution in [0.25, 0.3) is 11.1 Å². The summed E-state index contributed by atoms with van der Waals surface area (Å²) in [5.74, 6) is 0.294. The lowest BCUT2D eigenvalue weighted by molar-refractivity contribution is -0.140. The van der Waals surface area contributed by atoms with Gasteiger partial charge < -0.3 is 10.2 Å². The minimum absolute atomic E-state index is 0.0854. The van der Waals surface area contributed by atoms with E-state index in [0.717, 1.165) is 12.0 Å². The zero-order chi connectivity index (χ0) is 20.0. The summed E-state index contributed by atoms with van der Waals surface area (Å²) in [6.07, 6.45) is 3.58. The van der Waals surface area contributed by atoms with Gasteiger partial charge in [-0.05, 0) is 42.4 Å². The maximum absolute atomic E-state index is 12.8. The van der Waals surface area contributed by atoms with Crippen molar-refractivity contribution in [3.8, 4) is 11.1 Å². The predicted octanol–water partition coefficient (Wildman–Crippen LogP) is 4.05. The van der Waals surface area contributed by atoms with Gasteiger partial charge in [-0.1, -0.05) is 61.5 Å². The highest BCUT2D eigenvalue weighted by Gasteiger charge is 2.41. The van der Waals surface area contributed by atoms with Crippen LogP contribution < -0.4 is 5.32 Å². The third-order valence-corrected chi connectivity index (χ3v) is 5.85. The first-order valence-electron chi connectivity index (χ1n) is 10.2. The third kappa shape index (κ3) is 4.44. The first kappa shape index (κ1) is 20.1. The quantitative estimate of drug-likeness (QED) is 0.824. The summed E-state index contributed by atoms with van der Waals surface area (Å²) in [7, 11) is 1.71. The summed E-state index contributed by atoms with van der Waals surface area (Å²) >= 11 is 0. The van der Waals surface area contributed by atoms with Crippen molar-refractivity contribution in [3.05, 3.63) is 60.2 Å². The van der Waals surface area contributed by atoms with Crippen LogP contribution in [0.4, 0.5) is 0 Å². The summed E-state index contributed by atoms with van der Waals surface area (Å²) in [5, 5.41) is 2.86. The predicted molar refractivity (Wildman–Crippen MR) is 113 cm³/mol. The van der Waals surface area contributed by atoms with Crippen molar-refractivity contribution < 1.29 is 9.59 Å². The van der Waals surface area contributed by atoms with Crippen LogP contribution in [-0.4, -0.2) is 36.9 Å². The largest absolute Gasteiger partial charge is 0.359 e. The SMILES string of the molecule is CCCC(=O)N1CCC(Cc2ccc(-c3ccccc3)cc2)(C(=O)NC)CC1. The number of hydrogen-bond acceptors (Lipinski definition) is 2. The van der Waals surface area contributed by atoms with E-state index in [0.29, 0.717) is 38.8 Å². The first-order chi connectivity index (χ1) is 13.6. The average molecular weight is 379 g/mol. The molecule has 3 rings (SSSR count). The summed E-state index contributed by atoms with van der Waals surface area (Å²) < 4.78 is 0. The van der Waals surface area contributed by atoms with Crippen LogP contribution in [0, 0.1) is 5.41 Å². The Hall–Kier alpha value is -2.62. The smallest absolute Gasteiger partial charge is 0.226 e. The van der Waals surface area contributed by atoms with Crippen molar-refractivity contribution >= 4 is 11.8 Å². The molecule has 1 fully saturated rings. The van der Waals surface area contributed by atoms with E-state index in [-0.39, 0.29) is 11.8 Å². The van der Waals surface area contributed by atoms with Crippen LogP contribution in [0.1, 0.15) is 38.2 Å². The second-order valence-electron chi connectivity index (χ2n) is 7.73. The molecule has 0 aliphatic carbocycles. The molecule has 0 atom stereocenters. The minimum atomic E-state index is -0.438. The molecule has 2 amide bonds. The maximum Gasteiger partial charge on any atom is 0.226 e. The van der Waals surface area contributed by atoms with Crippen LogP contribution in [-0.2, 0) is 16.0 Å². The molecule has 0 unspecified atom stereocenters. The molecule has 1 saturated heterocycles. The van der Waals surface area contributed by atoms with Gasteiger partial charge in [-0.15, -0.1) is 0 Å². The number of rotatable bonds is 6. The molecule has 148 valence electrons. The molecule has 1 aliphatic heterocycles. The number of carbonyl (C=O) groups excluding carboxylic acids is 2. The Bertz CT molecular complexity index is 791. The summed E-state index contributed by atoms with van der Waals surface area (Å²) in [6, 6.07) is 18.8. The lowest BCUT2D eigenvalue weighted by Crippen LogP contribution is -2.50. The van der Waals surface area contributed by atoms with E-state index in [2.05, 4.69) is 41.7 Å². The Kier molecular flexibility index (Phi) is 6.50. The Labute approximate surface area is 167 Å². The average Bonchev–Trinajstić information content (AvgIpc) is 2.75. The lowest BCUT2D eigenvalue weighted by Gasteiger charge is -2.40. The first-order valence-corrected chi connectivity index (χ1v) is 10.2. The van der Waals surface area contributed by atoms with Crippen molar-refractivity contribution in [2.75, 3.05) is 20.1 Å². The molecule has 2 aromatic rings. The van der Waals surface area contributed by atoms with Crippen molar-refractivity contribution in [3.63, 3.8) is 0 Å². The molecule has 1 heterocycles. The zero-order valence-electron chi connectivity index (χ0n) is 16.9. The summed E-state index contributed by atoms with van der Waals surface area (Å²) in [5.41, 5.74) is 3.10. The summed E-state index contributed by atoms with van der Waals surface area (Å²) in [6.45, 7) is 3.35. The van der Waals surface area contributed by atoms with E-state index in [1.165, 1.54) is 11.1 Å². The van der Waals surface area contributed by atoms with Gasteiger partial charge in [-0.3, -0.25) is 9.59 Å². The highest BCUT2D eigenvalue weighted by molar-refractivity contribution is 5.83. The molecule has 0 saturated carbocycles. The van der Waals surface area contributed by atoms with Gasteiger partial charge in [0, 0.05) is 26.6 Å². The van der Waals surface area contributed by atoms with E-state index in [1.807, 2.05) is 30.0 Å². The van der Waals surface area contributed by atoms with E-state index >= 15 is 0 Å². The van der Waals surface area contributed by atoms with Crippen molar-refractivity contribution in [2.45, 2.75) is 39.0 Å². The van der Waals surface area contributed by atoms with E-state index < -0.39 is 5.41 Å². The molecule has 0 spiro atoms. The van der Waals surface area contributed by atoms with E-state index in [9.17, 15) is 9.59 Å². The van der Waals surface area contributed by atoms with Gasteiger partial charge in [0.1, 0.15) is 0 Å². The number of benzene rings is 2. The second-order valence-corrected chi connectivity index (χ2v) is 7.73. The standard InChI is InChI=1S/C24H30N2O2/c1-3-7-22(27)26-16-14-24(15-17-26,23(28)25-2)18-19-10-12-21(13-11-19)20-8-5-4-6-9-20/h4-6,8-13H,3,7,14-18H2,1-2H3,(H,25,28). The third-order valence-electron chi connectivity index (χ3n) is 5.85. The molecule has 0 radical (unpaired) electrons. The van der Waals surface area contributed by atoms with Gasteiger partial charge in [0.15, 0.2) is 0 Å². The molecule has 4 nitrogen and oxygen atoms in total. The number of hydrogen-bond donors (Lipinski definition) is 1. The van der Waals surface area contributed by atoms with Crippen LogP contribution >= 0.6 is 0 Å². The van der Waals surface area contributed by atoms with E-state index in [4.69, 9.17) is 0 Å². The molecule has 4 heteroatoms. The van der Waals surface area contributed by atoms with E-state index in [1.54, 1.807) is 7.05 Å². The number of amides is 2. The fourth-order valence-electron chi connectivity index (χ4n) is 4.14. The van der Waals surface area contributed by atoms with Gasteiger partial charge >= 0.3 is 0 Å². The van der Waals surface area contributed by atoms with Crippen LogP contribution in [0.5, 0.6) is 0 Å². The van der Waals surface area contributed by atoms with Crippen molar-refractivity contribution in [1.82, 2.24) is 10.2 Å². The molecule has 2 aromatic carbocycles. The van der Waals surface area contributed by atoms with Gasteiger partial charge in [0.2, 0.25) is 11.8 Å². The maximum atomic E-state index is 12.8. The molecular weight excluding hydrogens is 348 g/mol. The molecule has 0 aromatic heterocycles. The Morgan fingerprint density at radius 2 is 1.57 bits per heavy atom. The monoisotopic (exact) mass is 378 g/mol. The van der Waals surface area contributed by atoms with Crippen LogP contribution in [0.3, 0.4) is 0 Å². The second kappa shape index (κ2) is 9.05. The van der Waals surface area contributed by atoms with Gasteiger partial charge in [0.05, 0.1) is 5.41 Å². The van der Waals surface area contributed by atoms with Crippen molar-refractivity contribution in [2.24, 2.45) is 5.41 Å². The number of nitrogens with zero attached hydrogens (tertiary/aromatic N) is 1. The topological polar surface area (TPSA) is 49.4 Å².